The average molecular weight is 248 g/mol. The van der Waals surface area contributed by atoms with Crippen molar-refractivity contribution >= 4 is 17.4 Å². The van der Waals surface area contributed by atoms with E-state index in [-0.39, 0.29) is 5.91 Å². The van der Waals surface area contributed by atoms with Crippen molar-refractivity contribution in [1.29, 1.82) is 0 Å². The average Bonchev–Trinajstić information content (AvgIpc) is 2.60. The van der Waals surface area contributed by atoms with E-state index in [1.165, 1.54) is 0 Å². The minimum absolute atomic E-state index is 0.109. The van der Waals surface area contributed by atoms with E-state index >= 15 is 0 Å². The lowest BCUT2D eigenvalue weighted by atomic mass is 9.75. The van der Waals surface area contributed by atoms with Crippen LogP contribution in [0, 0.1) is 12.8 Å². The van der Waals surface area contributed by atoms with Gasteiger partial charge in [-0.25, -0.2) is 0 Å². The summed E-state index contributed by atoms with van der Waals surface area (Å²) in [4.78, 5) is 12.4. The number of nitrogens with one attached hydrogen (secondary N) is 2. The molecule has 1 amide bonds. The second-order valence-corrected chi connectivity index (χ2v) is 5.78. The van der Waals surface area contributed by atoms with Crippen LogP contribution in [0.4, 0.5) is 11.5 Å². The van der Waals surface area contributed by atoms with Gasteiger partial charge in [0.15, 0.2) is 0 Å². The number of hydrogen-bond donors (Lipinski definition) is 2. The fourth-order valence-electron chi connectivity index (χ4n) is 3.07. The number of carbonyl (C=O) groups is 1. The van der Waals surface area contributed by atoms with Gasteiger partial charge in [-0.3, -0.25) is 9.48 Å². The Morgan fingerprint density at radius 3 is 2.72 bits per heavy atom. The zero-order valence-electron chi connectivity index (χ0n) is 11.2. The number of hydrogen-bond acceptors (Lipinski definition) is 3. The molecule has 0 bridgehead atoms. The summed E-state index contributed by atoms with van der Waals surface area (Å²) in [5, 5.41) is 10.9. The van der Waals surface area contributed by atoms with Gasteiger partial charge in [-0.1, -0.05) is 6.92 Å². The van der Waals surface area contributed by atoms with E-state index in [1.807, 2.05) is 18.7 Å². The summed E-state index contributed by atoms with van der Waals surface area (Å²) in [6.45, 7) is 4.18. The number of rotatable bonds is 0. The molecule has 0 aromatic carbocycles. The number of nitrogens with zero attached hydrogens (tertiary/aromatic N) is 2. The first kappa shape index (κ1) is 11.6. The van der Waals surface area contributed by atoms with Crippen LogP contribution in [0.5, 0.6) is 0 Å². The maximum atomic E-state index is 12.4. The highest BCUT2D eigenvalue weighted by Gasteiger charge is 2.45. The van der Waals surface area contributed by atoms with Gasteiger partial charge in [-0.15, -0.1) is 0 Å². The highest BCUT2D eigenvalue weighted by molar-refractivity contribution is 6.06. The molecule has 0 saturated heterocycles. The van der Waals surface area contributed by atoms with Crippen molar-refractivity contribution < 1.29 is 4.79 Å². The Morgan fingerprint density at radius 1 is 1.39 bits per heavy atom. The first-order valence-corrected chi connectivity index (χ1v) is 6.65. The summed E-state index contributed by atoms with van der Waals surface area (Å²) in [5.74, 6) is 1.78. The van der Waals surface area contributed by atoms with Crippen molar-refractivity contribution in [2.24, 2.45) is 13.0 Å². The van der Waals surface area contributed by atoms with Crippen molar-refractivity contribution in [2.75, 3.05) is 10.6 Å². The molecule has 1 aliphatic heterocycles. The number of aromatic nitrogens is 2. The molecule has 5 nitrogen and oxygen atoms in total. The zero-order valence-corrected chi connectivity index (χ0v) is 11.2. The maximum absolute atomic E-state index is 12.4. The van der Waals surface area contributed by atoms with Crippen LogP contribution < -0.4 is 10.6 Å². The molecule has 1 spiro atoms. The quantitative estimate of drug-likeness (QED) is 0.738. The Kier molecular flexibility index (Phi) is 2.40. The van der Waals surface area contributed by atoms with E-state index in [9.17, 15) is 4.79 Å². The van der Waals surface area contributed by atoms with E-state index < -0.39 is 5.54 Å². The van der Waals surface area contributed by atoms with Gasteiger partial charge < -0.3 is 10.6 Å². The molecule has 1 saturated carbocycles. The third kappa shape index (κ3) is 1.53. The minimum atomic E-state index is -0.417. The molecule has 2 aliphatic rings. The predicted octanol–water partition coefficient (Wildman–Crippen LogP) is 2.04. The van der Waals surface area contributed by atoms with Crippen LogP contribution in [0.25, 0.3) is 0 Å². The number of fused-ring (bicyclic) bond motifs is 1. The fraction of sp³-hybridized carbons (Fsp3) is 0.692. The number of anilines is 2. The molecular weight excluding hydrogens is 228 g/mol. The monoisotopic (exact) mass is 248 g/mol. The third-order valence-electron chi connectivity index (χ3n) is 4.38. The van der Waals surface area contributed by atoms with Crippen molar-refractivity contribution in [1.82, 2.24) is 9.78 Å². The van der Waals surface area contributed by atoms with Gasteiger partial charge in [0.1, 0.15) is 17.0 Å². The fourth-order valence-corrected chi connectivity index (χ4v) is 3.07. The predicted molar refractivity (Wildman–Crippen MR) is 70.6 cm³/mol. The van der Waals surface area contributed by atoms with Gasteiger partial charge in [-0.2, -0.15) is 5.10 Å². The summed E-state index contributed by atoms with van der Waals surface area (Å²) >= 11 is 0. The highest BCUT2D eigenvalue weighted by atomic mass is 16.2. The Labute approximate surface area is 107 Å². The first-order chi connectivity index (χ1) is 8.52. The van der Waals surface area contributed by atoms with Crippen molar-refractivity contribution in [3.63, 3.8) is 0 Å². The topological polar surface area (TPSA) is 59.0 Å². The molecule has 1 aliphatic carbocycles. The molecule has 18 heavy (non-hydrogen) atoms. The Hall–Kier alpha value is -1.52. The zero-order chi connectivity index (χ0) is 12.9. The summed E-state index contributed by atoms with van der Waals surface area (Å²) in [5.41, 5.74) is 1.29. The van der Waals surface area contributed by atoms with Crippen molar-refractivity contribution in [3.8, 4) is 0 Å². The highest BCUT2D eigenvalue weighted by Crippen LogP contribution is 2.41. The Morgan fingerprint density at radius 2 is 2.06 bits per heavy atom. The molecule has 5 heteroatoms. The summed E-state index contributed by atoms with van der Waals surface area (Å²) in [6, 6.07) is 0. The minimum Gasteiger partial charge on any atom is -0.354 e. The first-order valence-electron chi connectivity index (χ1n) is 6.65. The largest absolute Gasteiger partial charge is 0.354 e. The molecule has 0 radical (unpaired) electrons. The number of carbonyl (C=O) groups excluding carboxylic acids is 1. The van der Waals surface area contributed by atoms with Crippen LogP contribution in [0.1, 0.15) is 38.3 Å². The van der Waals surface area contributed by atoms with Gasteiger partial charge >= 0.3 is 0 Å². The van der Waals surface area contributed by atoms with E-state index in [1.54, 1.807) is 0 Å². The lowest BCUT2D eigenvalue weighted by Crippen LogP contribution is -2.54. The smallest absolute Gasteiger partial charge is 0.250 e. The summed E-state index contributed by atoms with van der Waals surface area (Å²) in [7, 11) is 1.91. The van der Waals surface area contributed by atoms with Crippen LogP contribution in [-0.2, 0) is 11.8 Å². The maximum Gasteiger partial charge on any atom is 0.250 e. The molecule has 98 valence electrons. The molecule has 2 N–H and O–H groups in total. The lowest BCUT2D eigenvalue weighted by molar-refractivity contribution is -0.121. The van der Waals surface area contributed by atoms with Crippen LogP contribution in [0.15, 0.2) is 0 Å². The Bertz CT molecular complexity index is 497. The van der Waals surface area contributed by atoms with E-state index in [0.29, 0.717) is 0 Å². The second kappa shape index (κ2) is 3.73. The molecule has 1 aromatic rings. The normalized spacial score (nSPS) is 30.8. The van der Waals surface area contributed by atoms with Crippen LogP contribution in [0.2, 0.25) is 0 Å². The SMILES string of the molecule is Cc1nn(C)c2c1NC(=O)C1(CCC(C)CC1)N2. The second-order valence-electron chi connectivity index (χ2n) is 5.78. The molecule has 3 rings (SSSR count). The van der Waals surface area contributed by atoms with Crippen molar-refractivity contribution in [3.05, 3.63) is 5.69 Å². The van der Waals surface area contributed by atoms with Crippen LogP contribution >= 0.6 is 0 Å². The van der Waals surface area contributed by atoms with Gasteiger partial charge in [-0.05, 0) is 38.5 Å². The molecule has 1 fully saturated rings. The third-order valence-corrected chi connectivity index (χ3v) is 4.38. The van der Waals surface area contributed by atoms with Gasteiger partial charge in [0, 0.05) is 7.05 Å². The molecular formula is C13H20N4O. The summed E-state index contributed by atoms with van der Waals surface area (Å²) < 4.78 is 1.82. The van der Waals surface area contributed by atoms with Crippen LogP contribution in [0.3, 0.4) is 0 Å². The van der Waals surface area contributed by atoms with Gasteiger partial charge in [0.25, 0.3) is 0 Å². The number of amides is 1. The van der Waals surface area contributed by atoms with Gasteiger partial charge in [0.2, 0.25) is 5.91 Å². The molecule has 2 heterocycles. The lowest BCUT2D eigenvalue weighted by Gasteiger charge is -2.42. The molecule has 0 atom stereocenters. The standard InChI is InChI=1S/C13H20N4O/c1-8-4-6-13(7-5-8)12(18)14-10-9(2)16-17(3)11(10)15-13/h8,15H,4-7H2,1-3H3,(H,14,18). The van der Waals surface area contributed by atoms with E-state index in [0.717, 1.165) is 48.8 Å². The van der Waals surface area contributed by atoms with E-state index in [2.05, 4.69) is 22.7 Å². The number of aryl methyl sites for hydroxylation is 2. The summed E-state index contributed by atoms with van der Waals surface area (Å²) in [6.07, 6.45) is 4.02. The molecule has 0 unspecified atom stereocenters. The van der Waals surface area contributed by atoms with E-state index in [4.69, 9.17) is 0 Å². The molecule has 1 aromatic heterocycles. The Balaban J connectivity index is 1.96. The van der Waals surface area contributed by atoms with Crippen LogP contribution in [-0.4, -0.2) is 21.2 Å². The van der Waals surface area contributed by atoms with Gasteiger partial charge in [0.05, 0.1) is 5.69 Å². The van der Waals surface area contributed by atoms with Crippen molar-refractivity contribution in [2.45, 2.75) is 45.1 Å².